The highest BCUT2D eigenvalue weighted by Crippen LogP contribution is 2.28. The molecule has 1 aliphatic rings. The van der Waals surface area contributed by atoms with Crippen LogP contribution < -0.4 is 0 Å². The first-order chi connectivity index (χ1) is 16.0. The Morgan fingerprint density at radius 2 is 1.88 bits per heavy atom. The normalized spacial score (nSPS) is 15.4. The molecule has 1 aromatic carbocycles. The third kappa shape index (κ3) is 5.90. The van der Waals surface area contributed by atoms with Gasteiger partial charge in [-0.1, -0.05) is 36.4 Å². The van der Waals surface area contributed by atoms with Crippen LogP contribution in [0.2, 0.25) is 0 Å². The Labute approximate surface area is 199 Å². The number of aryl methyl sites for hydroxylation is 2. The number of aromatic nitrogens is 2. The van der Waals surface area contributed by atoms with Gasteiger partial charge in [0.15, 0.2) is 0 Å². The van der Waals surface area contributed by atoms with Gasteiger partial charge < -0.3 is 9.80 Å². The molecule has 0 aliphatic carbocycles. The second-order valence-corrected chi connectivity index (χ2v) is 9.88. The molecule has 4 rings (SSSR count). The van der Waals surface area contributed by atoms with Gasteiger partial charge in [-0.25, -0.2) is 0 Å². The highest BCUT2D eigenvalue weighted by Gasteiger charge is 2.33. The summed E-state index contributed by atoms with van der Waals surface area (Å²) in [6.45, 7) is 1.51. The van der Waals surface area contributed by atoms with E-state index in [2.05, 4.69) is 28.7 Å². The van der Waals surface area contributed by atoms with Gasteiger partial charge in [-0.05, 0) is 54.7 Å². The molecule has 3 aromatic rings. The first-order valence-corrected chi connectivity index (χ1v) is 12.5. The highest BCUT2D eigenvalue weighted by molar-refractivity contribution is 7.09. The van der Waals surface area contributed by atoms with Crippen molar-refractivity contribution >= 4 is 23.2 Å². The van der Waals surface area contributed by atoms with Crippen LogP contribution in [0.25, 0.3) is 0 Å². The predicted molar refractivity (Wildman–Crippen MR) is 131 cm³/mol. The average Bonchev–Trinajstić information content (AvgIpc) is 3.53. The number of hydrogen-bond donors (Lipinski definition) is 0. The molecule has 0 spiro atoms. The zero-order chi connectivity index (χ0) is 23.2. The minimum Gasteiger partial charge on any atom is -0.343 e. The van der Waals surface area contributed by atoms with Crippen molar-refractivity contribution in [3.63, 3.8) is 0 Å². The Kier molecular flexibility index (Phi) is 7.60. The molecule has 3 heterocycles. The van der Waals surface area contributed by atoms with Crippen molar-refractivity contribution in [2.75, 3.05) is 20.1 Å². The SMILES string of the molecule is CN(C(=O)c1ccn(C)n1)[C@@H](Cc1ccccc1)C1CCN(C(=O)CCc2cccs2)CC1. The molecule has 2 aromatic heterocycles. The van der Waals surface area contributed by atoms with Gasteiger partial charge in [0.2, 0.25) is 5.91 Å². The molecule has 1 saturated heterocycles. The number of hydrogen-bond acceptors (Lipinski definition) is 4. The van der Waals surface area contributed by atoms with Crippen molar-refractivity contribution in [2.24, 2.45) is 13.0 Å². The molecule has 33 heavy (non-hydrogen) atoms. The lowest BCUT2D eigenvalue weighted by Crippen LogP contribution is -2.48. The largest absolute Gasteiger partial charge is 0.343 e. The molecule has 0 saturated carbocycles. The Balaban J connectivity index is 1.41. The van der Waals surface area contributed by atoms with E-state index >= 15 is 0 Å². The molecule has 1 fully saturated rings. The number of nitrogens with zero attached hydrogens (tertiary/aromatic N) is 4. The van der Waals surface area contributed by atoms with Crippen molar-refractivity contribution in [2.45, 2.75) is 38.1 Å². The Morgan fingerprint density at radius 3 is 2.52 bits per heavy atom. The first-order valence-electron chi connectivity index (χ1n) is 11.6. The molecule has 0 unspecified atom stereocenters. The van der Waals surface area contributed by atoms with Gasteiger partial charge in [0.25, 0.3) is 5.91 Å². The summed E-state index contributed by atoms with van der Waals surface area (Å²) in [5, 5.41) is 6.37. The monoisotopic (exact) mass is 464 g/mol. The molecule has 2 amide bonds. The van der Waals surface area contributed by atoms with Crippen molar-refractivity contribution < 1.29 is 9.59 Å². The predicted octanol–water partition coefficient (Wildman–Crippen LogP) is 4.04. The number of carbonyl (C=O) groups is 2. The summed E-state index contributed by atoms with van der Waals surface area (Å²) in [6.07, 6.45) is 5.79. The van der Waals surface area contributed by atoms with E-state index < -0.39 is 0 Å². The molecule has 7 heteroatoms. The minimum absolute atomic E-state index is 0.0500. The van der Waals surface area contributed by atoms with Crippen molar-refractivity contribution in [1.82, 2.24) is 19.6 Å². The molecule has 1 aliphatic heterocycles. The number of likely N-dealkylation sites (N-methyl/N-ethyl adjacent to an activating group) is 1. The number of piperidine rings is 1. The Morgan fingerprint density at radius 1 is 1.12 bits per heavy atom. The fraction of sp³-hybridized carbons (Fsp3) is 0.423. The van der Waals surface area contributed by atoms with Crippen LogP contribution in [0, 0.1) is 5.92 Å². The summed E-state index contributed by atoms with van der Waals surface area (Å²) in [7, 11) is 3.71. The van der Waals surface area contributed by atoms with Crippen LogP contribution in [-0.2, 0) is 24.7 Å². The van der Waals surface area contributed by atoms with Gasteiger partial charge in [-0.2, -0.15) is 5.10 Å². The third-order valence-corrected chi connectivity index (χ3v) is 7.58. The van der Waals surface area contributed by atoms with E-state index in [1.807, 2.05) is 48.2 Å². The van der Waals surface area contributed by atoms with Crippen molar-refractivity contribution in [1.29, 1.82) is 0 Å². The van der Waals surface area contributed by atoms with Crippen LogP contribution in [0.1, 0.15) is 40.2 Å². The number of amides is 2. The standard InChI is InChI=1S/C26H32N4O2S/c1-28-15-14-23(27-28)26(32)29(2)24(19-20-7-4-3-5-8-20)21-12-16-30(17-13-21)25(31)11-10-22-9-6-18-33-22/h3-9,14-15,18,21,24H,10-13,16-17,19H2,1-2H3/t24-/m0/s1. The highest BCUT2D eigenvalue weighted by atomic mass is 32.1. The molecular weight excluding hydrogens is 432 g/mol. The quantitative estimate of drug-likeness (QED) is 0.506. The summed E-state index contributed by atoms with van der Waals surface area (Å²) in [6, 6.07) is 16.3. The van der Waals surface area contributed by atoms with Gasteiger partial charge in [0.1, 0.15) is 5.69 Å². The maximum Gasteiger partial charge on any atom is 0.274 e. The van der Waals surface area contributed by atoms with Gasteiger partial charge >= 0.3 is 0 Å². The summed E-state index contributed by atoms with van der Waals surface area (Å²) >= 11 is 1.71. The lowest BCUT2D eigenvalue weighted by molar-refractivity contribution is -0.132. The van der Waals surface area contributed by atoms with Gasteiger partial charge in [-0.15, -0.1) is 11.3 Å². The number of rotatable bonds is 8. The molecule has 0 N–H and O–H groups in total. The summed E-state index contributed by atoms with van der Waals surface area (Å²) in [5.41, 5.74) is 1.69. The van der Waals surface area contributed by atoms with E-state index in [1.54, 1.807) is 28.3 Å². The summed E-state index contributed by atoms with van der Waals surface area (Å²) in [5.74, 6) is 0.523. The number of carbonyl (C=O) groups excluding carboxylic acids is 2. The number of thiophene rings is 1. The van der Waals surface area contributed by atoms with E-state index in [0.29, 0.717) is 18.0 Å². The second-order valence-electron chi connectivity index (χ2n) is 8.85. The van der Waals surface area contributed by atoms with Crippen LogP contribution in [0.3, 0.4) is 0 Å². The fourth-order valence-corrected chi connectivity index (χ4v) is 5.42. The lowest BCUT2D eigenvalue weighted by Gasteiger charge is -2.40. The van der Waals surface area contributed by atoms with Crippen molar-refractivity contribution in [3.8, 4) is 0 Å². The van der Waals surface area contributed by atoms with Crippen LogP contribution in [0.15, 0.2) is 60.1 Å². The van der Waals surface area contributed by atoms with Crippen LogP contribution in [-0.4, -0.2) is 57.6 Å². The summed E-state index contributed by atoms with van der Waals surface area (Å²) in [4.78, 5) is 31.1. The van der Waals surface area contributed by atoms with Crippen molar-refractivity contribution in [3.05, 3.63) is 76.2 Å². The van der Waals surface area contributed by atoms with Gasteiger partial charge in [0, 0.05) is 50.7 Å². The maximum absolute atomic E-state index is 13.2. The average molecular weight is 465 g/mol. The number of likely N-dealkylation sites (tertiary alicyclic amines) is 1. The van der Waals surface area contributed by atoms with Crippen LogP contribution in [0.5, 0.6) is 0 Å². The lowest BCUT2D eigenvalue weighted by atomic mass is 9.84. The Bertz CT molecular complexity index is 1040. The first kappa shape index (κ1) is 23.2. The molecular formula is C26H32N4O2S. The van der Waals surface area contributed by atoms with Gasteiger partial charge in [0.05, 0.1) is 0 Å². The van der Waals surface area contributed by atoms with E-state index in [9.17, 15) is 9.59 Å². The number of benzene rings is 1. The Hall–Kier alpha value is -2.93. The molecule has 0 radical (unpaired) electrons. The zero-order valence-corrected chi connectivity index (χ0v) is 20.2. The van der Waals surface area contributed by atoms with E-state index in [-0.39, 0.29) is 17.9 Å². The zero-order valence-electron chi connectivity index (χ0n) is 19.4. The molecule has 174 valence electrons. The third-order valence-electron chi connectivity index (χ3n) is 6.64. The smallest absolute Gasteiger partial charge is 0.274 e. The minimum atomic E-state index is -0.0500. The molecule has 6 nitrogen and oxygen atoms in total. The topological polar surface area (TPSA) is 58.4 Å². The van der Waals surface area contributed by atoms with E-state index in [4.69, 9.17) is 0 Å². The summed E-state index contributed by atoms with van der Waals surface area (Å²) < 4.78 is 1.66. The van der Waals surface area contributed by atoms with Gasteiger partial charge in [-0.3, -0.25) is 14.3 Å². The van der Waals surface area contributed by atoms with E-state index in [0.717, 1.165) is 38.8 Å². The second kappa shape index (κ2) is 10.8. The fourth-order valence-electron chi connectivity index (χ4n) is 4.71. The van der Waals surface area contributed by atoms with Crippen LogP contribution in [0.4, 0.5) is 0 Å². The van der Waals surface area contributed by atoms with E-state index in [1.165, 1.54) is 10.4 Å². The molecule has 0 bridgehead atoms. The molecule has 1 atom stereocenters. The maximum atomic E-state index is 13.2. The van der Waals surface area contributed by atoms with Crippen LogP contribution >= 0.6 is 11.3 Å².